The fourth-order valence-electron chi connectivity index (χ4n) is 1.71. The van der Waals surface area contributed by atoms with E-state index >= 15 is 0 Å². The molecule has 0 aliphatic heterocycles. The summed E-state index contributed by atoms with van der Waals surface area (Å²) in [5, 5.41) is 14.9. The molecule has 0 saturated carbocycles. The molecule has 0 fully saturated rings. The molecule has 2 aromatic rings. The van der Waals surface area contributed by atoms with E-state index in [4.69, 9.17) is 16.3 Å². The standard InChI is InChI=1S/C14H18ClN5O/c1-21-9-8-16-13-10-18-20-14(19-13)17-7-6-11-2-4-12(15)5-3-11/h2-5,10H,6-9H2,1H3,(H2,16,17,19,20). The van der Waals surface area contributed by atoms with E-state index in [9.17, 15) is 0 Å². The van der Waals surface area contributed by atoms with Gasteiger partial charge in [0, 0.05) is 25.2 Å². The van der Waals surface area contributed by atoms with Gasteiger partial charge in [-0.1, -0.05) is 23.7 Å². The molecule has 0 bridgehead atoms. The first kappa shape index (κ1) is 15.5. The fraction of sp³-hybridized carbons (Fsp3) is 0.357. The average Bonchev–Trinajstić information content (AvgIpc) is 2.50. The summed E-state index contributed by atoms with van der Waals surface area (Å²) in [6.45, 7) is 2.02. The first-order valence-corrected chi connectivity index (χ1v) is 7.06. The van der Waals surface area contributed by atoms with Crippen LogP contribution >= 0.6 is 11.6 Å². The molecule has 112 valence electrons. The van der Waals surface area contributed by atoms with Crippen LogP contribution in [0.25, 0.3) is 0 Å². The van der Waals surface area contributed by atoms with Crippen LogP contribution in [-0.4, -0.2) is 42.0 Å². The molecule has 0 saturated heterocycles. The summed E-state index contributed by atoms with van der Waals surface area (Å²) in [6, 6.07) is 7.78. The molecular formula is C14H18ClN5O. The SMILES string of the molecule is COCCNc1cnnc(NCCc2ccc(Cl)cc2)n1. The van der Waals surface area contributed by atoms with Crippen LogP contribution in [0.1, 0.15) is 5.56 Å². The second-order valence-corrected chi connectivity index (χ2v) is 4.82. The third-order valence-corrected chi connectivity index (χ3v) is 3.03. The molecule has 0 unspecified atom stereocenters. The summed E-state index contributed by atoms with van der Waals surface area (Å²) in [4.78, 5) is 4.32. The minimum absolute atomic E-state index is 0.506. The lowest BCUT2D eigenvalue weighted by Gasteiger charge is -2.07. The summed E-state index contributed by atoms with van der Waals surface area (Å²) >= 11 is 5.85. The van der Waals surface area contributed by atoms with E-state index in [2.05, 4.69) is 25.8 Å². The first-order chi connectivity index (χ1) is 10.3. The van der Waals surface area contributed by atoms with Gasteiger partial charge in [0.2, 0.25) is 5.95 Å². The van der Waals surface area contributed by atoms with Gasteiger partial charge in [-0.25, -0.2) is 0 Å². The molecule has 1 heterocycles. The molecule has 0 atom stereocenters. The first-order valence-electron chi connectivity index (χ1n) is 6.69. The Morgan fingerprint density at radius 1 is 1.14 bits per heavy atom. The highest BCUT2D eigenvalue weighted by molar-refractivity contribution is 6.30. The maximum atomic E-state index is 5.85. The van der Waals surface area contributed by atoms with Crippen LogP contribution in [0, 0.1) is 0 Å². The topological polar surface area (TPSA) is 72.0 Å². The normalized spacial score (nSPS) is 10.4. The summed E-state index contributed by atoms with van der Waals surface area (Å²) in [5.41, 5.74) is 1.20. The zero-order valence-electron chi connectivity index (χ0n) is 11.8. The number of methoxy groups -OCH3 is 1. The lowest BCUT2D eigenvalue weighted by atomic mass is 10.1. The van der Waals surface area contributed by atoms with Crippen molar-refractivity contribution in [3.8, 4) is 0 Å². The minimum Gasteiger partial charge on any atom is -0.383 e. The second-order valence-electron chi connectivity index (χ2n) is 4.39. The van der Waals surface area contributed by atoms with E-state index in [1.54, 1.807) is 13.3 Å². The maximum Gasteiger partial charge on any atom is 0.244 e. The molecule has 2 rings (SSSR count). The van der Waals surface area contributed by atoms with Crippen LogP contribution in [-0.2, 0) is 11.2 Å². The lowest BCUT2D eigenvalue weighted by molar-refractivity contribution is 0.210. The van der Waals surface area contributed by atoms with Crippen molar-refractivity contribution in [2.24, 2.45) is 0 Å². The Kier molecular flexibility index (Phi) is 6.18. The van der Waals surface area contributed by atoms with Crippen LogP contribution in [0.3, 0.4) is 0 Å². The number of nitrogens with one attached hydrogen (secondary N) is 2. The van der Waals surface area contributed by atoms with Crippen LogP contribution in [0.2, 0.25) is 5.02 Å². The van der Waals surface area contributed by atoms with Gasteiger partial charge in [0.1, 0.15) is 0 Å². The Morgan fingerprint density at radius 2 is 1.95 bits per heavy atom. The number of halogens is 1. The van der Waals surface area contributed by atoms with Crippen molar-refractivity contribution >= 4 is 23.4 Å². The van der Waals surface area contributed by atoms with Crippen LogP contribution in [0.15, 0.2) is 30.5 Å². The largest absolute Gasteiger partial charge is 0.383 e. The van der Waals surface area contributed by atoms with Crippen LogP contribution in [0.5, 0.6) is 0 Å². The van der Waals surface area contributed by atoms with Crippen molar-refractivity contribution in [2.45, 2.75) is 6.42 Å². The van der Waals surface area contributed by atoms with Gasteiger partial charge < -0.3 is 15.4 Å². The number of hydrogen-bond donors (Lipinski definition) is 2. The molecule has 0 amide bonds. The predicted molar refractivity (Wildman–Crippen MR) is 83.8 cm³/mol. The van der Waals surface area contributed by atoms with Crippen molar-refractivity contribution in [3.05, 3.63) is 41.0 Å². The highest BCUT2D eigenvalue weighted by atomic mass is 35.5. The van der Waals surface area contributed by atoms with Crippen LogP contribution in [0.4, 0.5) is 11.8 Å². The number of rotatable bonds is 8. The van der Waals surface area contributed by atoms with E-state index in [1.165, 1.54) is 5.56 Å². The summed E-state index contributed by atoms with van der Waals surface area (Å²) in [6.07, 6.45) is 2.45. The summed E-state index contributed by atoms with van der Waals surface area (Å²) < 4.78 is 4.96. The highest BCUT2D eigenvalue weighted by Crippen LogP contribution is 2.10. The number of nitrogens with zero attached hydrogens (tertiary/aromatic N) is 3. The number of aromatic nitrogens is 3. The zero-order valence-corrected chi connectivity index (χ0v) is 12.6. The Balaban J connectivity index is 1.79. The van der Waals surface area contributed by atoms with Crippen molar-refractivity contribution in [3.63, 3.8) is 0 Å². The van der Waals surface area contributed by atoms with Gasteiger partial charge in [0.05, 0.1) is 12.8 Å². The molecule has 7 heteroatoms. The van der Waals surface area contributed by atoms with E-state index in [0.717, 1.165) is 18.0 Å². The number of benzene rings is 1. The molecule has 1 aromatic heterocycles. The third-order valence-electron chi connectivity index (χ3n) is 2.78. The quantitative estimate of drug-likeness (QED) is 0.729. The molecule has 21 heavy (non-hydrogen) atoms. The minimum atomic E-state index is 0.506. The van der Waals surface area contributed by atoms with Gasteiger partial charge in [-0.2, -0.15) is 10.1 Å². The van der Waals surface area contributed by atoms with Crippen molar-refractivity contribution in [1.82, 2.24) is 15.2 Å². The number of hydrogen-bond acceptors (Lipinski definition) is 6. The fourth-order valence-corrected chi connectivity index (χ4v) is 1.84. The summed E-state index contributed by atoms with van der Waals surface area (Å²) in [7, 11) is 1.66. The van der Waals surface area contributed by atoms with Crippen molar-refractivity contribution < 1.29 is 4.74 Å². The maximum absolute atomic E-state index is 5.85. The number of anilines is 2. The molecule has 0 aliphatic carbocycles. The monoisotopic (exact) mass is 307 g/mol. The Bertz CT molecular complexity index is 549. The van der Waals surface area contributed by atoms with Gasteiger partial charge in [-0.3, -0.25) is 0 Å². The van der Waals surface area contributed by atoms with E-state index < -0.39 is 0 Å². The van der Waals surface area contributed by atoms with Crippen LogP contribution < -0.4 is 10.6 Å². The van der Waals surface area contributed by atoms with E-state index in [1.807, 2.05) is 24.3 Å². The predicted octanol–water partition coefficient (Wildman–Crippen LogP) is 2.24. The molecule has 6 nitrogen and oxygen atoms in total. The summed E-state index contributed by atoms with van der Waals surface area (Å²) in [5.74, 6) is 1.18. The Morgan fingerprint density at radius 3 is 2.71 bits per heavy atom. The molecule has 1 aromatic carbocycles. The van der Waals surface area contributed by atoms with Gasteiger partial charge in [-0.05, 0) is 24.1 Å². The molecule has 0 radical (unpaired) electrons. The van der Waals surface area contributed by atoms with Gasteiger partial charge in [0.25, 0.3) is 0 Å². The van der Waals surface area contributed by atoms with E-state index in [-0.39, 0.29) is 0 Å². The average molecular weight is 308 g/mol. The third kappa shape index (κ3) is 5.53. The second kappa shape index (κ2) is 8.39. The highest BCUT2D eigenvalue weighted by Gasteiger charge is 2.00. The Labute approximate surface area is 128 Å². The van der Waals surface area contributed by atoms with E-state index in [0.29, 0.717) is 24.9 Å². The molecule has 0 aliphatic rings. The van der Waals surface area contributed by atoms with Crippen molar-refractivity contribution in [1.29, 1.82) is 0 Å². The van der Waals surface area contributed by atoms with Gasteiger partial charge in [0.15, 0.2) is 5.82 Å². The molecular weight excluding hydrogens is 290 g/mol. The Hall–Kier alpha value is -1.92. The smallest absolute Gasteiger partial charge is 0.244 e. The molecule has 2 N–H and O–H groups in total. The molecule has 0 spiro atoms. The zero-order chi connectivity index (χ0) is 14.9. The lowest BCUT2D eigenvalue weighted by Crippen LogP contribution is -2.12. The number of ether oxygens (including phenoxy) is 1. The van der Waals surface area contributed by atoms with Gasteiger partial charge in [-0.15, -0.1) is 5.10 Å². The van der Waals surface area contributed by atoms with Gasteiger partial charge >= 0.3 is 0 Å². The van der Waals surface area contributed by atoms with Crippen molar-refractivity contribution in [2.75, 3.05) is 37.4 Å².